The van der Waals surface area contributed by atoms with Crippen LogP contribution in [0.15, 0.2) is 57.6 Å². The molecule has 2 heterocycles. The van der Waals surface area contributed by atoms with Gasteiger partial charge in [0, 0.05) is 19.0 Å². The van der Waals surface area contributed by atoms with Crippen LogP contribution in [0.3, 0.4) is 0 Å². The number of sulfone groups is 1. The molecule has 0 spiro atoms. The fourth-order valence-corrected chi connectivity index (χ4v) is 4.70. The fourth-order valence-electron chi connectivity index (χ4n) is 3.21. The lowest BCUT2D eigenvalue weighted by Crippen LogP contribution is -2.47. The van der Waals surface area contributed by atoms with E-state index in [0.29, 0.717) is 11.4 Å². The lowest BCUT2D eigenvalue weighted by atomic mass is 9.97. The molecule has 0 atom stereocenters. The van der Waals surface area contributed by atoms with Crippen LogP contribution in [0.2, 0.25) is 0 Å². The molecule has 2 aromatic rings. The highest BCUT2D eigenvalue weighted by atomic mass is 32.2. The predicted octanol–water partition coefficient (Wildman–Crippen LogP) is 2.43. The number of rotatable bonds is 6. The second-order valence-electron chi connectivity index (χ2n) is 6.92. The summed E-state index contributed by atoms with van der Waals surface area (Å²) in [6.07, 6.45) is 4.61. The van der Waals surface area contributed by atoms with Crippen molar-refractivity contribution in [2.24, 2.45) is 21.6 Å². The largest absolute Gasteiger partial charge is 0.390 e. The molecule has 3 rings (SSSR count). The zero-order valence-corrected chi connectivity index (χ0v) is 17.6. The van der Waals surface area contributed by atoms with E-state index in [1.165, 1.54) is 29.4 Å². The van der Waals surface area contributed by atoms with Crippen LogP contribution in [0, 0.1) is 5.92 Å². The van der Waals surface area contributed by atoms with E-state index in [1.54, 1.807) is 6.07 Å². The van der Waals surface area contributed by atoms with Crippen LogP contribution in [-0.4, -0.2) is 60.6 Å². The van der Waals surface area contributed by atoms with E-state index in [1.807, 2.05) is 0 Å². The first-order valence-corrected chi connectivity index (χ1v) is 11.0. The summed E-state index contributed by atoms with van der Waals surface area (Å²) in [4.78, 5) is 20.6. The van der Waals surface area contributed by atoms with E-state index in [2.05, 4.69) is 25.5 Å². The number of likely N-dealkylation sites (tertiary alicyclic amines) is 1. The molecular formula is C19H21F2N7O3S. The summed E-state index contributed by atoms with van der Waals surface area (Å²) >= 11 is 0. The number of hydrogen-bond acceptors (Lipinski definition) is 6. The zero-order valence-electron chi connectivity index (χ0n) is 16.8. The molecule has 1 aliphatic heterocycles. The third kappa shape index (κ3) is 5.04. The van der Waals surface area contributed by atoms with Crippen LogP contribution in [0.25, 0.3) is 0 Å². The minimum atomic E-state index is -4.94. The molecule has 1 aromatic carbocycles. The second-order valence-corrected chi connectivity index (χ2v) is 8.95. The monoisotopic (exact) mass is 465 g/mol. The molecule has 0 unspecified atom stereocenters. The van der Waals surface area contributed by atoms with E-state index in [-0.39, 0.29) is 25.9 Å². The van der Waals surface area contributed by atoms with Crippen molar-refractivity contribution in [2.75, 3.05) is 18.4 Å². The molecule has 0 aliphatic carbocycles. The Labute approximate surface area is 183 Å². The lowest BCUT2D eigenvalue weighted by Gasteiger charge is -2.35. The van der Waals surface area contributed by atoms with Gasteiger partial charge in [0.25, 0.3) is 0 Å². The Morgan fingerprint density at radius 2 is 1.88 bits per heavy atom. The van der Waals surface area contributed by atoms with E-state index < -0.39 is 31.9 Å². The Balaban J connectivity index is 1.65. The van der Waals surface area contributed by atoms with Gasteiger partial charge in [-0.3, -0.25) is 0 Å². The molecule has 1 saturated heterocycles. The molecular weight excluding hydrogens is 444 g/mol. The van der Waals surface area contributed by atoms with E-state index in [4.69, 9.17) is 5.73 Å². The number of nitrogens with zero attached hydrogens (tertiary/aromatic N) is 5. The molecule has 10 nitrogen and oxygen atoms in total. The number of carbonyl (C=O) groups is 1. The Bertz CT molecular complexity index is 1090. The lowest BCUT2D eigenvalue weighted by molar-refractivity contribution is 0.000425. The van der Waals surface area contributed by atoms with Gasteiger partial charge in [0.05, 0.1) is 35.0 Å². The van der Waals surface area contributed by atoms with Gasteiger partial charge in [-0.05, 0) is 43.2 Å². The van der Waals surface area contributed by atoms with E-state index >= 15 is 8.78 Å². The topological polar surface area (TPSA) is 143 Å². The quantitative estimate of drug-likeness (QED) is 0.495. The molecule has 0 saturated carbocycles. The first kappa shape index (κ1) is 23.2. The molecule has 1 aliphatic rings. The number of halogens is 2. The summed E-state index contributed by atoms with van der Waals surface area (Å²) in [7, 11) is -4.94. The number of piperidine rings is 1. The number of aromatic nitrogens is 2. The summed E-state index contributed by atoms with van der Waals surface area (Å²) in [6, 6.07) is 5.82. The summed E-state index contributed by atoms with van der Waals surface area (Å²) in [6.45, 7) is -0.00906. The summed E-state index contributed by atoms with van der Waals surface area (Å²) in [5, 5.41) is 5.85. The van der Waals surface area contributed by atoms with Crippen LogP contribution in [0.1, 0.15) is 12.8 Å². The van der Waals surface area contributed by atoms with Crippen molar-refractivity contribution in [3.05, 3.63) is 42.7 Å². The molecule has 1 fully saturated rings. The summed E-state index contributed by atoms with van der Waals surface area (Å²) in [5.41, 5.74) is 5.83. The van der Waals surface area contributed by atoms with Crippen LogP contribution in [0.5, 0.6) is 0 Å². The van der Waals surface area contributed by atoms with Gasteiger partial charge in [-0.2, -0.15) is 19.0 Å². The van der Waals surface area contributed by atoms with Crippen molar-refractivity contribution >= 4 is 39.9 Å². The van der Waals surface area contributed by atoms with Gasteiger partial charge in [0.2, 0.25) is 9.84 Å². The number of alkyl halides is 2. The van der Waals surface area contributed by atoms with E-state index in [0.717, 1.165) is 24.8 Å². The zero-order chi connectivity index (χ0) is 23.2. The maximum atomic E-state index is 15.0. The Morgan fingerprint density at radius 1 is 1.19 bits per heavy atom. The Hall–Kier alpha value is -3.48. The highest BCUT2D eigenvalue weighted by Crippen LogP contribution is 2.41. The average Bonchev–Trinajstić information content (AvgIpc) is 2.80. The Kier molecular flexibility index (Phi) is 7.08. The third-order valence-corrected chi connectivity index (χ3v) is 6.90. The van der Waals surface area contributed by atoms with Crippen LogP contribution in [-0.2, 0) is 9.84 Å². The molecule has 13 heteroatoms. The highest BCUT2D eigenvalue weighted by molar-refractivity contribution is 7.92. The highest BCUT2D eigenvalue weighted by Gasteiger charge is 2.53. The van der Waals surface area contributed by atoms with Crippen molar-refractivity contribution in [3.63, 3.8) is 0 Å². The van der Waals surface area contributed by atoms with Crippen LogP contribution >= 0.6 is 0 Å². The fraction of sp³-hybridized carbons (Fsp3) is 0.316. The standard InChI is InChI=1S/C19H21F2N7O3S/c20-19(21,32(30,31)17-3-1-15(2-4-17)24-13-23-12-22)14-6-9-28(10-7-14)18(29)27-16-5-8-25-26-11-16/h1-5,8,11-14H,6-7,9-10H2,(H2,22,23,24)(H,25,27,29). The van der Waals surface area contributed by atoms with Crippen LogP contribution < -0.4 is 11.1 Å². The number of benzene rings is 1. The SMILES string of the molecule is NC=NC=Nc1ccc(S(=O)(=O)C(F)(F)C2CCN(C(=O)Nc3ccnnc3)CC2)cc1. The number of carbonyl (C=O) groups excluding carboxylic acids is 1. The average molecular weight is 465 g/mol. The molecule has 1 aromatic heterocycles. The number of anilines is 1. The first-order chi connectivity index (χ1) is 15.3. The van der Waals surface area contributed by atoms with Crippen molar-refractivity contribution < 1.29 is 22.0 Å². The number of hydrogen-bond donors (Lipinski definition) is 2. The van der Waals surface area contributed by atoms with Crippen molar-refractivity contribution in [3.8, 4) is 0 Å². The maximum Gasteiger partial charge on any atom is 0.352 e. The first-order valence-electron chi connectivity index (χ1n) is 9.56. The van der Waals surface area contributed by atoms with Crippen molar-refractivity contribution in [1.82, 2.24) is 15.1 Å². The van der Waals surface area contributed by atoms with Gasteiger partial charge in [0.15, 0.2) is 0 Å². The summed E-state index contributed by atoms with van der Waals surface area (Å²) in [5.74, 6) is -1.42. The van der Waals surface area contributed by atoms with Gasteiger partial charge in [-0.25, -0.2) is 23.2 Å². The van der Waals surface area contributed by atoms with Crippen LogP contribution in [0.4, 0.5) is 25.0 Å². The number of amides is 2. The minimum Gasteiger partial charge on any atom is -0.390 e. The van der Waals surface area contributed by atoms with Gasteiger partial charge in [0.1, 0.15) is 6.34 Å². The minimum absolute atomic E-state index is 0.00453. The van der Waals surface area contributed by atoms with Gasteiger partial charge >= 0.3 is 11.3 Å². The smallest absolute Gasteiger partial charge is 0.352 e. The molecule has 0 bridgehead atoms. The normalized spacial score (nSPS) is 16.0. The number of urea groups is 1. The molecule has 2 amide bonds. The van der Waals surface area contributed by atoms with Gasteiger partial charge in [-0.15, -0.1) is 0 Å². The molecule has 32 heavy (non-hydrogen) atoms. The number of aliphatic imine (C=N–C) groups is 2. The number of nitrogens with two attached hydrogens (primary N) is 1. The Morgan fingerprint density at radius 3 is 2.47 bits per heavy atom. The molecule has 3 N–H and O–H groups in total. The second kappa shape index (κ2) is 9.77. The predicted molar refractivity (Wildman–Crippen MR) is 115 cm³/mol. The third-order valence-electron chi connectivity index (χ3n) is 4.96. The van der Waals surface area contributed by atoms with Gasteiger partial charge in [-0.1, -0.05) is 0 Å². The number of nitrogens with one attached hydrogen (secondary N) is 1. The van der Waals surface area contributed by atoms with Crippen molar-refractivity contribution in [1.29, 1.82) is 0 Å². The molecule has 170 valence electrons. The summed E-state index contributed by atoms with van der Waals surface area (Å²) < 4.78 is 55.3. The van der Waals surface area contributed by atoms with E-state index in [9.17, 15) is 13.2 Å². The maximum absolute atomic E-state index is 15.0. The molecule has 0 radical (unpaired) electrons. The van der Waals surface area contributed by atoms with Crippen molar-refractivity contribution in [2.45, 2.75) is 23.0 Å². The van der Waals surface area contributed by atoms with Gasteiger partial charge < -0.3 is 16.0 Å².